The number of halogens is 2. The van der Waals surface area contributed by atoms with Gasteiger partial charge < -0.3 is 9.73 Å². The van der Waals surface area contributed by atoms with Gasteiger partial charge in [0.05, 0.1) is 12.3 Å². The van der Waals surface area contributed by atoms with E-state index >= 15 is 0 Å². The smallest absolute Gasteiger partial charge is 0.273 e. The largest absolute Gasteiger partial charge is 0.444 e. The molecule has 3 aromatic carbocycles. The number of hydrogen-bond donors (Lipinski definition) is 2. The Balaban J connectivity index is 1.54. The van der Waals surface area contributed by atoms with E-state index in [1.807, 2.05) is 42.5 Å². The van der Waals surface area contributed by atoms with Gasteiger partial charge in [-0.25, -0.2) is 22.2 Å². The molecule has 0 saturated carbocycles. The number of sulfonamides is 1. The molecule has 1 heterocycles. The molecule has 0 bridgehead atoms. The van der Waals surface area contributed by atoms with Gasteiger partial charge in [0, 0.05) is 5.56 Å². The number of amides is 1. The van der Waals surface area contributed by atoms with Crippen molar-refractivity contribution < 1.29 is 26.4 Å². The predicted molar refractivity (Wildman–Crippen MR) is 120 cm³/mol. The second-order valence-corrected chi connectivity index (χ2v) is 9.24. The second kappa shape index (κ2) is 8.62. The van der Waals surface area contributed by atoms with Crippen molar-refractivity contribution in [3.63, 3.8) is 0 Å². The highest BCUT2D eigenvalue weighted by Gasteiger charge is 2.21. The van der Waals surface area contributed by atoms with Crippen molar-refractivity contribution in [2.24, 2.45) is 0 Å². The number of carbonyl (C=O) groups is 1. The van der Waals surface area contributed by atoms with Gasteiger partial charge in [0.1, 0.15) is 12.0 Å². The van der Waals surface area contributed by atoms with E-state index in [2.05, 4.69) is 10.3 Å². The fraction of sp³-hybridized carbons (Fsp3) is 0.130. The Morgan fingerprint density at radius 2 is 1.73 bits per heavy atom. The Bertz CT molecular complexity index is 1440. The molecule has 0 fully saturated rings. The zero-order valence-corrected chi connectivity index (χ0v) is 18.4. The molecule has 0 aliphatic heterocycles. The average Bonchev–Trinajstić information content (AvgIpc) is 3.25. The van der Waals surface area contributed by atoms with Crippen molar-refractivity contribution >= 4 is 32.4 Å². The minimum absolute atomic E-state index is 0.00101. The van der Waals surface area contributed by atoms with Crippen LogP contribution >= 0.6 is 0 Å². The fourth-order valence-electron chi connectivity index (χ4n) is 3.39. The highest BCUT2D eigenvalue weighted by atomic mass is 32.2. The third-order valence-corrected chi connectivity index (χ3v) is 5.53. The molecule has 0 aliphatic carbocycles. The highest BCUT2D eigenvalue weighted by Crippen LogP contribution is 2.28. The van der Waals surface area contributed by atoms with Crippen LogP contribution in [0, 0.1) is 11.6 Å². The number of fused-ring (bicyclic) bond motifs is 1. The van der Waals surface area contributed by atoms with Crippen LogP contribution in [0.25, 0.3) is 22.2 Å². The Morgan fingerprint density at radius 1 is 1.06 bits per heavy atom. The summed E-state index contributed by atoms with van der Waals surface area (Å²) in [6.07, 6.45) is 1.99. The van der Waals surface area contributed by atoms with Crippen LogP contribution in [0.1, 0.15) is 29.0 Å². The van der Waals surface area contributed by atoms with Gasteiger partial charge in [-0.05, 0) is 41.5 Å². The molecule has 0 saturated heterocycles. The fourth-order valence-corrected chi connectivity index (χ4v) is 3.96. The maximum Gasteiger partial charge on any atom is 0.273 e. The molecule has 4 rings (SSSR count). The number of nitrogens with one attached hydrogen (secondary N) is 2. The van der Waals surface area contributed by atoms with E-state index in [0.29, 0.717) is 0 Å². The van der Waals surface area contributed by atoms with Gasteiger partial charge in [0.2, 0.25) is 15.9 Å². The lowest BCUT2D eigenvalue weighted by Gasteiger charge is -2.15. The van der Waals surface area contributed by atoms with E-state index in [4.69, 9.17) is 4.42 Å². The summed E-state index contributed by atoms with van der Waals surface area (Å²) in [5.41, 5.74) is 0.0468. The molecular formula is C23H19F2N3O4S. The first kappa shape index (κ1) is 22.4. The Hall–Kier alpha value is -3.79. The van der Waals surface area contributed by atoms with E-state index in [9.17, 15) is 22.0 Å². The number of aromatic nitrogens is 1. The lowest BCUT2D eigenvalue weighted by Crippen LogP contribution is -2.27. The van der Waals surface area contributed by atoms with Crippen LogP contribution in [0.2, 0.25) is 0 Å². The van der Waals surface area contributed by atoms with Crippen LogP contribution in [0.5, 0.6) is 0 Å². The molecule has 10 heteroatoms. The summed E-state index contributed by atoms with van der Waals surface area (Å²) in [6, 6.07) is 14.4. The van der Waals surface area contributed by atoms with Gasteiger partial charge in [0.15, 0.2) is 17.3 Å². The summed E-state index contributed by atoms with van der Waals surface area (Å²) in [5, 5.41) is 4.51. The van der Waals surface area contributed by atoms with Crippen molar-refractivity contribution in [2.75, 3.05) is 11.0 Å². The van der Waals surface area contributed by atoms with E-state index in [-0.39, 0.29) is 17.1 Å². The quantitative estimate of drug-likeness (QED) is 0.427. The summed E-state index contributed by atoms with van der Waals surface area (Å²) < 4.78 is 58.4. The number of anilines is 1. The monoisotopic (exact) mass is 471 g/mol. The molecule has 170 valence electrons. The van der Waals surface area contributed by atoms with Crippen LogP contribution in [0.15, 0.2) is 65.3 Å². The van der Waals surface area contributed by atoms with E-state index in [1.54, 1.807) is 4.72 Å². The first-order valence-corrected chi connectivity index (χ1v) is 11.7. The van der Waals surface area contributed by atoms with Gasteiger partial charge in [0.25, 0.3) is 5.91 Å². The highest BCUT2D eigenvalue weighted by molar-refractivity contribution is 7.92. The van der Waals surface area contributed by atoms with Crippen LogP contribution in [0.3, 0.4) is 0 Å². The number of rotatable bonds is 6. The van der Waals surface area contributed by atoms with E-state index in [1.165, 1.54) is 13.2 Å². The van der Waals surface area contributed by atoms with Crippen LogP contribution in [0.4, 0.5) is 14.5 Å². The molecule has 0 aliphatic rings. The average molecular weight is 471 g/mol. The van der Waals surface area contributed by atoms with Crippen LogP contribution < -0.4 is 10.0 Å². The molecule has 4 aromatic rings. The van der Waals surface area contributed by atoms with Crippen LogP contribution in [-0.4, -0.2) is 25.6 Å². The number of benzene rings is 3. The number of hydrogen-bond acceptors (Lipinski definition) is 5. The van der Waals surface area contributed by atoms with Crippen molar-refractivity contribution in [3.05, 3.63) is 83.8 Å². The number of oxazole rings is 1. The van der Waals surface area contributed by atoms with E-state index < -0.39 is 39.3 Å². The molecule has 33 heavy (non-hydrogen) atoms. The maximum absolute atomic E-state index is 14.3. The summed E-state index contributed by atoms with van der Waals surface area (Å²) in [6.45, 7) is 1.53. The molecule has 0 radical (unpaired) electrons. The zero-order chi connectivity index (χ0) is 23.8. The summed E-state index contributed by atoms with van der Waals surface area (Å²) in [4.78, 5) is 16.9. The molecule has 1 atom stereocenters. The zero-order valence-electron chi connectivity index (χ0n) is 17.6. The van der Waals surface area contributed by atoms with Gasteiger partial charge >= 0.3 is 0 Å². The SMILES string of the molecule is CC(NC(=O)c1coc(-c2cccc3ccccc23)n1)c1cc(F)c(NS(C)(=O)=O)c(F)c1. The third-order valence-electron chi connectivity index (χ3n) is 4.96. The predicted octanol–water partition coefficient (Wildman–Crippen LogP) is 4.64. The van der Waals surface area contributed by atoms with Crippen LogP contribution in [-0.2, 0) is 10.0 Å². The lowest BCUT2D eigenvalue weighted by molar-refractivity contribution is 0.0934. The van der Waals surface area contributed by atoms with Crippen molar-refractivity contribution in [3.8, 4) is 11.5 Å². The maximum atomic E-state index is 14.3. The molecule has 1 amide bonds. The third kappa shape index (κ3) is 4.85. The molecule has 0 spiro atoms. The number of carbonyl (C=O) groups excluding carboxylic acids is 1. The molecule has 1 unspecified atom stereocenters. The van der Waals surface area contributed by atoms with Gasteiger partial charge in [-0.3, -0.25) is 9.52 Å². The Kier molecular flexibility index (Phi) is 5.86. The summed E-state index contributed by atoms with van der Waals surface area (Å²) in [5.74, 6) is -2.54. The first-order valence-electron chi connectivity index (χ1n) is 9.83. The van der Waals surface area contributed by atoms with Gasteiger partial charge in [-0.1, -0.05) is 36.4 Å². The lowest BCUT2D eigenvalue weighted by atomic mass is 10.0. The van der Waals surface area contributed by atoms with Crippen molar-refractivity contribution in [1.82, 2.24) is 10.3 Å². The topological polar surface area (TPSA) is 101 Å². The normalized spacial score (nSPS) is 12.5. The second-order valence-electron chi connectivity index (χ2n) is 7.49. The Morgan fingerprint density at radius 3 is 2.42 bits per heavy atom. The molecule has 2 N–H and O–H groups in total. The molecular weight excluding hydrogens is 452 g/mol. The van der Waals surface area contributed by atoms with E-state index in [0.717, 1.165) is 34.7 Å². The molecule has 7 nitrogen and oxygen atoms in total. The number of nitrogens with zero attached hydrogens (tertiary/aromatic N) is 1. The van der Waals surface area contributed by atoms with Gasteiger partial charge in [-0.2, -0.15) is 0 Å². The first-order chi connectivity index (χ1) is 15.6. The van der Waals surface area contributed by atoms with Gasteiger partial charge in [-0.15, -0.1) is 0 Å². The minimum Gasteiger partial charge on any atom is -0.444 e. The minimum atomic E-state index is -3.86. The molecule has 1 aromatic heterocycles. The van der Waals surface area contributed by atoms with Crippen molar-refractivity contribution in [2.45, 2.75) is 13.0 Å². The summed E-state index contributed by atoms with van der Waals surface area (Å²) in [7, 11) is -3.86. The van der Waals surface area contributed by atoms with Crippen molar-refractivity contribution in [1.29, 1.82) is 0 Å². The standard InChI is InChI=1S/C23H19F2N3O4S/c1-13(15-10-18(24)21(19(25)11-15)28-33(2,30)31)26-22(29)20-12-32-23(27-20)17-9-5-7-14-6-3-4-8-16(14)17/h3-13,28H,1-2H3,(H,26,29). The Labute approximate surface area is 188 Å². The summed E-state index contributed by atoms with van der Waals surface area (Å²) >= 11 is 0.